The van der Waals surface area contributed by atoms with Crippen molar-refractivity contribution in [1.29, 1.82) is 0 Å². The summed E-state index contributed by atoms with van der Waals surface area (Å²) in [5, 5.41) is 20.1. The molecule has 2 fully saturated rings. The largest absolute Gasteiger partial charge is 0.394 e. The first kappa shape index (κ1) is 20.5. The minimum atomic E-state index is -1.09. The number of hydrogen-bond donors (Lipinski definition) is 2. The van der Waals surface area contributed by atoms with Crippen molar-refractivity contribution in [3.05, 3.63) is 71.8 Å². The van der Waals surface area contributed by atoms with Crippen LogP contribution in [0.15, 0.2) is 60.7 Å². The van der Waals surface area contributed by atoms with Gasteiger partial charge in [-0.3, -0.25) is 0 Å². The van der Waals surface area contributed by atoms with Crippen LogP contribution in [0.1, 0.15) is 43.5 Å². The second kappa shape index (κ2) is 9.34. The van der Waals surface area contributed by atoms with Gasteiger partial charge in [0, 0.05) is 11.1 Å². The van der Waals surface area contributed by atoms with Crippen LogP contribution in [0, 0.1) is 0 Å². The van der Waals surface area contributed by atoms with Crippen molar-refractivity contribution in [1.82, 2.24) is 0 Å². The summed E-state index contributed by atoms with van der Waals surface area (Å²) in [5.41, 5.74) is 1.75. The minimum Gasteiger partial charge on any atom is -0.394 e. The highest BCUT2D eigenvalue weighted by Gasteiger charge is 2.51. The molecule has 0 radical (unpaired) electrons. The van der Waals surface area contributed by atoms with Gasteiger partial charge in [0.25, 0.3) is 0 Å². The third-order valence-electron chi connectivity index (χ3n) is 5.44. The maximum atomic E-state index is 10.5. The molecule has 7 atom stereocenters. The van der Waals surface area contributed by atoms with E-state index >= 15 is 0 Å². The van der Waals surface area contributed by atoms with Crippen LogP contribution in [-0.2, 0) is 18.9 Å². The molecule has 2 saturated heterocycles. The molecular formula is C23H28O6. The average molecular weight is 400 g/mol. The Kier molecular flexibility index (Phi) is 6.60. The number of ether oxygens (including phenoxy) is 4. The van der Waals surface area contributed by atoms with E-state index in [4.69, 9.17) is 18.9 Å². The normalized spacial score (nSPS) is 33.1. The molecule has 2 aromatic carbocycles. The molecule has 29 heavy (non-hydrogen) atoms. The number of benzene rings is 2. The van der Waals surface area contributed by atoms with Gasteiger partial charge in [-0.1, -0.05) is 74.0 Å². The molecule has 0 bridgehead atoms. The molecule has 7 unspecified atom stereocenters. The summed E-state index contributed by atoms with van der Waals surface area (Å²) in [5.74, 6) is 0. The number of hydrogen-bond acceptors (Lipinski definition) is 6. The Morgan fingerprint density at radius 1 is 0.793 bits per heavy atom. The number of aliphatic hydroxyl groups is 2. The lowest BCUT2D eigenvalue weighted by Gasteiger charge is -2.50. The molecular weight excluding hydrogens is 372 g/mol. The minimum absolute atomic E-state index is 0.215. The predicted molar refractivity (Wildman–Crippen MR) is 106 cm³/mol. The van der Waals surface area contributed by atoms with Crippen LogP contribution in [-0.4, -0.2) is 47.3 Å². The van der Waals surface area contributed by atoms with Gasteiger partial charge in [-0.2, -0.15) is 0 Å². The standard InChI is InChI=1S/C23H28O6/c1-2-9-18-20-21(29-22(26-18)15-10-5-3-6-11-15)19(17(25)14-24)27-23(28-20)16-12-7-4-8-13-16/h3-8,10-13,17-25H,2,9,14H2,1H3. The Labute approximate surface area is 171 Å². The van der Waals surface area contributed by atoms with Gasteiger partial charge in [-0.05, 0) is 6.42 Å². The van der Waals surface area contributed by atoms with E-state index in [1.165, 1.54) is 0 Å². The SMILES string of the molecule is CCCC1OC(c2ccccc2)OC2C(C(O)CO)OC(c3ccccc3)OC12. The molecule has 0 aromatic heterocycles. The topological polar surface area (TPSA) is 77.4 Å². The van der Waals surface area contributed by atoms with Gasteiger partial charge >= 0.3 is 0 Å². The van der Waals surface area contributed by atoms with Crippen molar-refractivity contribution < 1.29 is 29.2 Å². The lowest BCUT2D eigenvalue weighted by atomic mass is 9.93. The van der Waals surface area contributed by atoms with E-state index in [9.17, 15) is 10.2 Å². The van der Waals surface area contributed by atoms with E-state index in [-0.39, 0.29) is 6.10 Å². The van der Waals surface area contributed by atoms with Gasteiger partial charge in [0.1, 0.15) is 24.4 Å². The first-order chi connectivity index (χ1) is 14.2. The molecule has 0 saturated carbocycles. The quantitative estimate of drug-likeness (QED) is 0.776. The van der Waals surface area contributed by atoms with E-state index in [1.54, 1.807) is 0 Å². The summed E-state index contributed by atoms with van der Waals surface area (Å²) in [4.78, 5) is 0. The molecule has 2 aliphatic heterocycles. The molecule has 2 heterocycles. The molecule has 6 nitrogen and oxygen atoms in total. The fraction of sp³-hybridized carbons (Fsp3) is 0.478. The Hall–Kier alpha value is -1.80. The van der Waals surface area contributed by atoms with Gasteiger partial charge in [-0.15, -0.1) is 0 Å². The second-order valence-corrected chi connectivity index (χ2v) is 7.50. The smallest absolute Gasteiger partial charge is 0.184 e. The van der Waals surface area contributed by atoms with Crippen LogP contribution >= 0.6 is 0 Å². The number of fused-ring (bicyclic) bond motifs is 1. The van der Waals surface area contributed by atoms with Crippen molar-refractivity contribution in [2.75, 3.05) is 6.61 Å². The monoisotopic (exact) mass is 400 g/mol. The zero-order valence-electron chi connectivity index (χ0n) is 16.5. The summed E-state index contributed by atoms with van der Waals surface area (Å²) < 4.78 is 24.9. The van der Waals surface area contributed by atoms with Gasteiger partial charge in [0.15, 0.2) is 12.6 Å². The highest BCUT2D eigenvalue weighted by molar-refractivity contribution is 5.19. The maximum Gasteiger partial charge on any atom is 0.184 e. The first-order valence-electron chi connectivity index (χ1n) is 10.2. The lowest BCUT2D eigenvalue weighted by molar-refractivity contribution is -0.391. The highest BCUT2D eigenvalue weighted by atomic mass is 16.8. The van der Waals surface area contributed by atoms with Crippen LogP contribution in [0.25, 0.3) is 0 Å². The fourth-order valence-electron chi connectivity index (χ4n) is 3.99. The van der Waals surface area contributed by atoms with E-state index < -0.39 is 43.6 Å². The summed E-state index contributed by atoms with van der Waals surface area (Å²) in [7, 11) is 0. The fourth-order valence-corrected chi connectivity index (χ4v) is 3.99. The Bertz CT molecular complexity index is 754. The second-order valence-electron chi connectivity index (χ2n) is 7.50. The molecule has 0 spiro atoms. The molecule has 2 aliphatic rings. The molecule has 0 aliphatic carbocycles. The van der Waals surface area contributed by atoms with Crippen molar-refractivity contribution >= 4 is 0 Å². The van der Waals surface area contributed by atoms with Gasteiger partial charge < -0.3 is 29.2 Å². The van der Waals surface area contributed by atoms with E-state index in [0.29, 0.717) is 0 Å². The van der Waals surface area contributed by atoms with Crippen LogP contribution in [0.2, 0.25) is 0 Å². The zero-order chi connectivity index (χ0) is 20.2. The molecule has 2 N–H and O–H groups in total. The Morgan fingerprint density at radius 3 is 1.90 bits per heavy atom. The van der Waals surface area contributed by atoms with Crippen LogP contribution in [0.4, 0.5) is 0 Å². The van der Waals surface area contributed by atoms with Crippen molar-refractivity contribution in [2.45, 2.75) is 62.9 Å². The van der Waals surface area contributed by atoms with E-state index in [0.717, 1.165) is 24.0 Å². The van der Waals surface area contributed by atoms with Crippen molar-refractivity contribution in [3.63, 3.8) is 0 Å². The number of rotatable bonds is 6. The average Bonchev–Trinajstić information content (AvgIpc) is 2.79. The lowest BCUT2D eigenvalue weighted by Crippen LogP contribution is -2.61. The molecule has 6 heteroatoms. The molecule has 0 amide bonds. The van der Waals surface area contributed by atoms with Gasteiger partial charge in [-0.25, -0.2) is 0 Å². The Morgan fingerprint density at radius 2 is 1.34 bits per heavy atom. The summed E-state index contributed by atoms with van der Waals surface area (Å²) >= 11 is 0. The first-order valence-corrected chi connectivity index (χ1v) is 10.2. The number of aliphatic hydroxyl groups excluding tert-OH is 2. The molecule has 4 rings (SSSR count). The highest BCUT2D eigenvalue weighted by Crippen LogP contribution is 2.42. The van der Waals surface area contributed by atoms with Gasteiger partial charge in [0.05, 0.1) is 12.7 Å². The van der Waals surface area contributed by atoms with Gasteiger partial charge in [0.2, 0.25) is 0 Å². The molecule has 2 aromatic rings. The Balaban J connectivity index is 1.64. The summed E-state index contributed by atoms with van der Waals surface area (Å²) in [6.07, 6.45) is -2.56. The van der Waals surface area contributed by atoms with Crippen LogP contribution in [0.5, 0.6) is 0 Å². The van der Waals surface area contributed by atoms with E-state index in [2.05, 4.69) is 6.92 Å². The van der Waals surface area contributed by atoms with Crippen LogP contribution < -0.4 is 0 Å². The maximum absolute atomic E-state index is 10.5. The predicted octanol–water partition coefficient (Wildman–Crippen LogP) is 3.11. The molecule has 156 valence electrons. The zero-order valence-corrected chi connectivity index (χ0v) is 16.5. The summed E-state index contributed by atoms with van der Waals surface area (Å²) in [6, 6.07) is 19.3. The van der Waals surface area contributed by atoms with Crippen LogP contribution in [0.3, 0.4) is 0 Å². The third kappa shape index (κ3) is 4.38. The van der Waals surface area contributed by atoms with E-state index in [1.807, 2.05) is 60.7 Å². The third-order valence-corrected chi connectivity index (χ3v) is 5.44. The van der Waals surface area contributed by atoms with Crippen molar-refractivity contribution in [3.8, 4) is 0 Å². The van der Waals surface area contributed by atoms with Crippen molar-refractivity contribution in [2.24, 2.45) is 0 Å². The summed E-state index contributed by atoms with van der Waals surface area (Å²) in [6.45, 7) is 1.67.